The topological polar surface area (TPSA) is 66.5 Å². The van der Waals surface area contributed by atoms with Crippen molar-refractivity contribution in [2.75, 3.05) is 23.7 Å². The maximum atomic E-state index is 11.9. The number of hydrogen-bond donors (Lipinski definition) is 1. The number of sulfonamides is 1. The van der Waals surface area contributed by atoms with Crippen LogP contribution in [-0.2, 0) is 14.8 Å². The Labute approximate surface area is 134 Å². The molecule has 0 aliphatic heterocycles. The normalized spacial score (nSPS) is 11.2. The molecule has 0 aromatic heterocycles. The number of carbonyl (C=O) groups is 1. The Morgan fingerprint density at radius 2 is 2.05 bits per heavy atom. The highest BCUT2D eigenvalue weighted by Gasteiger charge is 2.20. The van der Waals surface area contributed by atoms with E-state index in [2.05, 4.69) is 28.2 Å². The van der Waals surface area contributed by atoms with Crippen LogP contribution in [0.25, 0.3) is 0 Å². The molecule has 0 radical (unpaired) electrons. The Morgan fingerprint density at radius 1 is 1.33 bits per heavy atom. The van der Waals surface area contributed by atoms with Crippen LogP contribution in [0, 0.1) is 0 Å². The van der Waals surface area contributed by atoms with Gasteiger partial charge in [0.05, 0.1) is 11.9 Å². The fourth-order valence-corrected chi connectivity index (χ4v) is 3.06. The van der Waals surface area contributed by atoms with E-state index in [1.54, 1.807) is 24.3 Å². The standard InChI is InChI=1S/C14H21BrN2O3S/c1-3-4-5-9-16-14(18)11-17(21(2,19)20)13-8-6-7-12(15)10-13/h6-8,10H,3-5,9,11H2,1-2H3,(H,16,18). The van der Waals surface area contributed by atoms with Crippen LogP contribution in [-0.4, -0.2) is 33.7 Å². The maximum Gasteiger partial charge on any atom is 0.240 e. The minimum absolute atomic E-state index is 0.207. The van der Waals surface area contributed by atoms with E-state index in [-0.39, 0.29) is 12.5 Å². The Kier molecular flexibility index (Phi) is 7.17. The van der Waals surface area contributed by atoms with Crippen molar-refractivity contribution >= 4 is 37.5 Å². The lowest BCUT2D eigenvalue weighted by molar-refractivity contribution is -0.119. The predicted octanol–water partition coefficient (Wildman–Crippen LogP) is 2.52. The third kappa shape index (κ3) is 6.48. The molecule has 5 nitrogen and oxygen atoms in total. The van der Waals surface area contributed by atoms with Crippen LogP contribution in [0.4, 0.5) is 5.69 Å². The monoisotopic (exact) mass is 376 g/mol. The highest BCUT2D eigenvalue weighted by atomic mass is 79.9. The molecule has 0 unspecified atom stereocenters. The zero-order valence-corrected chi connectivity index (χ0v) is 14.7. The number of benzene rings is 1. The molecule has 21 heavy (non-hydrogen) atoms. The number of nitrogens with one attached hydrogen (secondary N) is 1. The molecule has 0 atom stereocenters. The van der Waals surface area contributed by atoms with Gasteiger partial charge in [0.1, 0.15) is 6.54 Å². The van der Waals surface area contributed by atoms with Crippen LogP contribution in [0.1, 0.15) is 26.2 Å². The third-order valence-electron chi connectivity index (χ3n) is 2.89. The second kappa shape index (κ2) is 8.38. The van der Waals surface area contributed by atoms with Crippen LogP contribution < -0.4 is 9.62 Å². The van der Waals surface area contributed by atoms with E-state index in [1.165, 1.54) is 0 Å². The molecule has 1 aromatic rings. The third-order valence-corrected chi connectivity index (χ3v) is 4.52. The minimum Gasteiger partial charge on any atom is -0.355 e. The zero-order chi connectivity index (χ0) is 15.9. The van der Waals surface area contributed by atoms with Crippen molar-refractivity contribution in [3.8, 4) is 0 Å². The van der Waals surface area contributed by atoms with E-state index in [1.807, 2.05) is 0 Å². The van der Waals surface area contributed by atoms with Gasteiger partial charge in [0, 0.05) is 11.0 Å². The second-order valence-electron chi connectivity index (χ2n) is 4.81. The van der Waals surface area contributed by atoms with Crippen molar-refractivity contribution in [3.05, 3.63) is 28.7 Å². The summed E-state index contributed by atoms with van der Waals surface area (Å²) in [6, 6.07) is 6.87. The summed E-state index contributed by atoms with van der Waals surface area (Å²) in [6.45, 7) is 2.45. The molecule has 118 valence electrons. The first kappa shape index (κ1) is 18.0. The molecule has 0 fully saturated rings. The van der Waals surface area contributed by atoms with Gasteiger partial charge in [-0.3, -0.25) is 9.10 Å². The minimum atomic E-state index is -3.51. The first-order chi connectivity index (χ1) is 9.84. The number of unbranched alkanes of at least 4 members (excludes halogenated alkanes) is 2. The molecule has 1 amide bonds. The summed E-state index contributed by atoms with van der Waals surface area (Å²) >= 11 is 3.30. The summed E-state index contributed by atoms with van der Waals surface area (Å²) in [4.78, 5) is 11.9. The van der Waals surface area contributed by atoms with Gasteiger partial charge in [-0.05, 0) is 24.6 Å². The molecule has 7 heteroatoms. The predicted molar refractivity (Wildman–Crippen MR) is 88.9 cm³/mol. The Balaban J connectivity index is 2.75. The first-order valence-corrected chi connectivity index (χ1v) is 9.48. The van der Waals surface area contributed by atoms with Gasteiger partial charge in [0.25, 0.3) is 0 Å². The summed E-state index contributed by atoms with van der Waals surface area (Å²) in [7, 11) is -3.51. The highest BCUT2D eigenvalue weighted by molar-refractivity contribution is 9.10. The lowest BCUT2D eigenvalue weighted by Gasteiger charge is -2.22. The summed E-state index contributed by atoms with van der Waals surface area (Å²) in [6.07, 6.45) is 4.11. The summed E-state index contributed by atoms with van der Waals surface area (Å²) in [5, 5.41) is 2.75. The van der Waals surface area contributed by atoms with Crippen LogP contribution in [0.3, 0.4) is 0 Å². The van der Waals surface area contributed by atoms with Crippen LogP contribution >= 0.6 is 15.9 Å². The van der Waals surface area contributed by atoms with Gasteiger partial charge in [-0.2, -0.15) is 0 Å². The number of halogens is 1. The number of amides is 1. The van der Waals surface area contributed by atoms with Crippen LogP contribution in [0.2, 0.25) is 0 Å². The van der Waals surface area contributed by atoms with Gasteiger partial charge in [0.15, 0.2) is 0 Å². The average Bonchev–Trinajstić information content (AvgIpc) is 2.40. The largest absolute Gasteiger partial charge is 0.355 e. The molecule has 0 spiro atoms. The maximum absolute atomic E-state index is 11.9. The molecule has 1 rings (SSSR count). The Morgan fingerprint density at radius 3 is 2.62 bits per heavy atom. The van der Waals surface area contributed by atoms with Crippen molar-refractivity contribution < 1.29 is 13.2 Å². The fraction of sp³-hybridized carbons (Fsp3) is 0.500. The van der Waals surface area contributed by atoms with Gasteiger partial charge in [-0.25, -0.2) is 8.42 Å². The zero-order valence-electron chi connectivity index (χ0n) is 12.3. The van der Waals surface area contributed by atoms with Gasteiger partial charge in [0.2, 0.25) is 15.9 Å². The van der Waals surface area contributed by atoms with Gasteiger partial charge >= 0.3 is 0 Å². The van der Waals surface area contributed by atoms with E-state index in [9.17, 15) is 13.2 Å². The molecule has 0 aliphatic carbocycles. The molecule has 0 saturated carbocycles. The molecule has 0 bridgehead atoms. The van der Waals surface area contributed by atoms with Gasteiger partial charge < -0.3 is 5.32 Å². The lowest BCUT2D eigenvalue weighted by atomic mass is 10.2. The van der Waals surface area contributed by atoms with Crippen molar-refractivity contribution in [1.82, 2.24) is 5.32 Å². The average molecular weight is 377 g/mol. The SMILES string of the molecule is CCCCCNC(=O)CN(c1cccc(Br)c1)S(C)(=O)=O. The molecular weight excluding hydrogens is 356 g/mol. The molecule has 1 aromatic carbocycles. The van der Waals surface area contributed by atoms with Crippen LogP contribution in [0.15, 0.2) is 28.7 Å². The fourth-order valence-electron chi connectivity index (χ4n) is 1.82. The quantitative estimate of drug-likeness (QED) is 0.708. The van der Waals surface area contributed by atoms with Crippen molar-refractivity contribution in [1.29, 1.82) is 0 Å². The van der Waals surface area contributed by atoms with Crippen molar-refractivity contribution in [2.45, 2.75) is 26.2 Å². The number of rotatable bonds is 8. The van der Waals surface area contributed by atoms with Gasteiger partial charge in [-0.1, -0.05) is 41.8 Å². The lowest BCUT2D eigenvalue weighted by Crippen LogP contribution is -2.40. The number of nitrogens with zero attached hydrogens (tertiary/aromatic N) is 1. The Hall–Kier alpha value is -1.08. The first-order valence-electron chi connectivity index (χ1n) is 6.84. The summed E-state index contributed by atoms with van der Waals surface area (Å²) < 4.78 is 25.6. The second-order valence-corrected chi connectivity index (χ2v) is 7.63. The number of hydrogen-bond acceptors (Lipinski definition) is 3. The van der Waals surface area contributed by atoms with E-state index < -0.39 is 10.0 Å². The van der Waals surface area contributed by atoms with Gasteiger partial charge in [-0.15, -0.1) is 0 Å². The Bertz CT molecular complexity index is 575. The molecular formula is C14H21BrN2O3S. The van der Waals surface area contributed by atoms with Crippen LogP contribution in [0.5, 0.6) is 0 Å². The summed E-state index contributed by atoms with van der Waals surface area (Å²) in [5.41, 5.74) is 0.468. The molecule has 0 heterocycles. The van der Waals surface area contributed by atoms with Crippen molar-refractivity contribution in [3.63, 3.8) is 0 Å². The van der Waals surface area contributed by atoms with Crippen molar-refractivity contribution in [2.24, 2.45) is 0 Å². The summed E-state index contributed by atoms with van der Waals surface area (Å²) in [5.74, 6) is -0.295. The highest BCUT2D eigenvalue weighted by Crippen LogP contribution is 2.21. The van der Waals surface area contributed by atoms with E-state index in [0.29, 0.717) is 12.2 Å². The smallest absolute Gasteiger partial charge is 0.240 e. The van der Waals surface area contributed by atoms with E-state index in [0.717, 1.165) is 34.3 Å². The molecule has 0 aliphatic rings. The van der Waals surface area contributed by atoms with E-state index in [4.69, 9.17) is 0 Å². The number of carbonyl (C=O) groups excluding carboxylic acids is 1. The number of anilines is 1. The van der Waals surface area contributed by atoms with E-state index >= 15 is 0 Å². The molecule has 0 saturated heterocycles. The molecule has 1 N–H and O–H groups in total.